The second-order valence-electron chi connectivity index (χ2n) is 6.57. The van der Waals surface area contributed by atoms with Gasteiger partial charge in [0.05, 0.1) is 0 Å². The molecular weight excluding hydrogens is 226 g/mol. The van der Waals surface area contributed by atoms with Gasteiger partial charge < -0.3 is 10.1 Å². The number of hydrogen-bond donors (Lipinski definition) is 1. The fraction of sp³-hybridized carbons (Fsp3) is 0.933. The molecule has 0 aromatic carbocycles. The molecule has 0 radical (unpaired) electrons. The molecule has 0 aromatic rings. The minimum atomic E-state index is -0.00488. The van der Waals surface area contributed by atoms with Crippen molar-refractivity contribution in [1.82, 2.24) is 5.32 Å². The highest BCUT2D eigenvalue weighted by Crippen LogP contribution is 2.38. The predicted molar refractivity (Wildman–Crippen MR) is 70.1 cm³/mol. The summed E-state index contributed by atoms with van der Waals surface area (Å²) < 4.78 is 5.75. The van der Waals surface area contributed by atoms with Crippen LogP contribution in [0.25, 0.3) is 0 Å². The molecule has 1 saturated heterocycles. The van der Waals surface area contributed by atoms with Crippen LogP contribution < -0.4 is 5.32 Å². The summed E-state index contributed by atoms with van der Waals surface area (Å²) in [4.78, 5) is 12.3. The van der Waals surface area contributed by atoms with Crippen LogP contribution in [-0.2, 0) is 9.53 Å². The fourth-order valence-electron chi connectivity index (χ4n) is 4.17. The van der Waals surface area contributed by atoms with Crippen molar-refractivity contribution >= 4 is 5.97 Å². The van der Waals surface area contributed by atoms with E-state index in [1.807, 2.05) is 0 Å². The highest BCUT2D eigenvalue weighted by atomic mass is 16.5. The highest BCUT2D eigenvalue weighted by molar-refractivity contribution is 5.77. The second-order valence-corrected chi connectivity index (χ2v) is 6.57. The molecule has 2 saturated carbocycles. The largest absolute Gasteiger partial charge is 0.461 e. The first-order valence-corrected chi connectivity index (χ1v) is 7.68. The average molecular weight is 251 g/mol. The third-order valence-corrected chi connectivity index (χ3v) is 5.17. The second kappa shape index (κ2) is 5.20. The van der Waals surface area contributed by atoms with Gasteiger partial charge >= 0.3 is 5.97 Å². The van der Waals surface area contributed by atoms with Crippen LogP contribution in [0.1, 0.15) is 51.9 Å². The first-order valence-electron chi connectivity index (χ1n) is 7.68. The molecule has 3 fully saturated rings. The van der Waals surface area contributed by atoms with Gasteiger partial charge in [0.15, 0.2) is 0 Å². The summed E-state index contributed by atoms with van der Waals surface area (Å²) in [6.45, 7) is 3.28. The van der Waals surface area contributed by atoms with Gasteiger partial charge in [-0.15, -0.1) is 0 Å². The van der Waals surface area contributed by atoms with Gasteiger partial charge in [-0.1, -0.05) is 19.8 Å². The fourth-order valence-corrected chi connectivity index (χ4v) is 4.17. The van der Waals surface area contributed by atoms with E-state index in [9.17, 15) is 4.79 Å². The van der Waals surface area contributed by atoms with E-state index in [-0.39, 0.29) is 18.1 Å². The number of nitrogens with one attached hydrogen (secondary N) is 1. The molecule has 0 spiro atoms. The quantitative estimate of drug-likeness (QED) is 0.766. The minimum Gasteiger partial charge on any atom is -0.461 e. The summed E-state index contributed by atoms with van der Waals surface area (Å²) in [6.07, 6.45) is 8.61. The van der Waals surface area contributed by atoms with E-state index in [4.69, 9.17) is 4.74 Å². The van der Waals surface area contributed by atoms with Gasteiger partial charge in [-0.3, -0.25) is 4.79 Å². The summed E-state index contributed by atoms with van der Waals surface area (Å²) in [6, 6.07) is -0.00488. The Balaban J connectivity index is 1.55. The molecule has 3 heteroatoms. The number of carbonyl (C=O) groups excluding carboxylic acids is 1. The molecule has 18 heavy (non-hydrogen) atoms. The first kappa shape index (κ1) is 12.5. The van der Waals surface area contributed by atoms with Gasteiger partial charge in [-0.25, -0.2) is 0 Å². The number of ether oxygens (including phenoxy) is 1. The Morgan fingerprint density at radius 2 is 2.00 bits per heavy atom. The van der Waals surface area contributed by atoms with Crippen molar-refractivity contribution in [2.75, 3.05) is 6.54 Å². The Morgan fingerprint density at radius 1 is 1.17 bits per heavy atom. The van der Waals surface area contributed by atoms with Crippen molar-refractivity contribution < 1.29 is 9.53 Å². The van der Waals surface area contributed by atoms with Gasteiger partial charge in [0.25, 0.3) is 0 Å². The summed E-state index contributed by atoms with van der Waals surface area (Å²) in [5.74, 6) is 2.03. The molecule has 5 unspecified atom stereocenters. The Bertz CT molecular complexity index is 318. The number of rotatable bonds is 2. The molecule has 3 rings (SSSR count). The maximum absolute atomic E-state index is 12.3. The standard InChI is InChI=1S/C15H25NO2/c1-10-4-2-6-12(8-10)18-15(17)14-13-7-3-5-11(13)9-16-14/h10-14,16H,2-9H2,1H3. The number of fused-ring (bicyclic) bond motifs is 1. The van der Waals surface area contributed by atoms with Crippen LogP contribution in [0.4, 0.5) is 0 Å². The molecule has 1 N–H and O–H groups in total. The Kier molecular flexibility index (Phi) is 3.60. The molecule has 1 heterocycles. The number of esters is 1. The molecular formula is C15H25NO2. The van der Waals surface area contributed by atoms with Crippen molar-refractivity contribution in [2.45, 2.75) is 64.0 Å². The lowest BCUT2D eigenvalue weighted by atomic mass is 9.88. The number of hydrogen-bond acceptors (Lipinski definition) is 3. The molecule has 0 amide bonds. The third-order valence-electron chi connectivity index (χ3n) is 5.17. The lowest BCUT2D eigenvalue weighted by molar-refractivity contribution is -0.154. The molecule has 1 aliphatic heterocycles. The smallest absolute Gasteiger partial charge is 0.323 e. The monoisotopic (exact) mass is 251 g/mol. The first-order chi connectivity index (χ1) is 8.74. The van der Waals surface area contributed by atoms with Gasteiger partial charge in [0, 0.05) is 0 Å². The van der Waals surface area contributed by atoms with Gasteiger partial charge in [0.2, 0.25) is 0 Å². The van der Waals surface area contributed by atoms with E-state index < -0.39 is 0 Å². The zero-order chi connectivity index (χ0) is 12.5. The van der Waals surface area contributed by atoms with Gasteiger partial charge in [-0.05, 0) is 56.4 Å². The highest BCUT2D eigenvalue weighted by Gasteiger charge is 2.43. The Hall–Kier alpha value is -0.570. The van der Waals surface area contributed by atoms with Crippen molar-refractivity contribution in [3.8, 4) is 0 Å². The molecule has 102 valence electrons. The zero-order valence-corrected chi connectivity index (χ0v) is 11.4. The average Bonchev–Trinajstić information content (AvgIpc) is 2.89. The predicted octanol–water partition coefficient (Wildman–Crippen LogP) is 2.50. The molecule has 3 aliphatic rings. The molecule has 3 nitrogen and oxygen atoms in total. The van der Waals surface area contributed by atoms with Crippen molar-refractivity contribution in [2.24, 2.45) is 17.8 Å². The summed E-state index contributed by atoms with van der Waals surface area (Å²) in [5, 5.41) is 3.38. The van der Waals surface area contributed by atoms with Crippen LogP contribution >= 0.6 is 0 Å². The summed E-state index contributed by atoms with van der Waals surface area (Å²) in [5.41, 5.74) is 0. The van der Waals surface area contributed by atoms with Crippen LogP contribution in [0.5, 0.6) is 0 Å². The molecule has 0 aromatic heterocycles. The van der Waals surface area contributed by atoms with E-state index in [1.54, 1.807) is 0 Å². The van der Waals surface area contributed by atoms with Gasteiger partial charge in [0.1, 0.15) is 12.1 Å². The van der Waals surface area contributed by atoms with Crippen LogP contribution in [0.15, 0.2) is 0 Å². The number of carbonyl (C=O) groups is 1. The zero-order valence-electron chi connectivity index (χ0n) is 11.4. The maximum Gasteiger partial charge on any atom is 0.323 e. The van der Waals surface area contributed by atoms with Crippen LogP contribution in [0.3, 0.4) is 0 Å². The van der Waals surface area contributed by atoms with Crippen LogP contribution in [-0.4, -0.2) is 24.7 Å². The Labute approximate surface area is 110 Å². The normalized spacial score (nSPS) is 43.7. The lowest BCUT2D eigenvalue weighted by Crippen LogP contribution is -2.39. The summed E-state index contributed by atoms with van der Waals surface area (Å²) >= 11 is 0. The SMILES string of the molecule is CC1CCCC(OC(=O)C2NCC3CCCC32)C1. The topological polar surface area (TPSA) is 38.3 Å². The van der Waals surface area contributed by atoms with E-state index in [2.05, 4.69) is 12.2 Å². The van der Waals surface area contributed by atoms with E-state index in [1.165, 1.54) is 32.1 Å². The van der Waals surface area contributed by atoms with E-state index >= 15 is 0 Å². The van der Waals surface area contributed by atoms with E-state index in [0.717, 1.165) is 25.3 Å². The van der Waals surface area contributed by atoms with Crippen molar-refractivity contribution in [3.63, 3.8) is 0 Å². The third kappa shape index (κ3) is 2.42. The summed E-state index contributed by atoms with van der Waals surface area (Å²) in [7, 11) is 0. The molecule has 5 atom stereocenters. The van der Waals surface area contributed by atoms with E-state index in [0.29, 0.717) is 11.8 Å². The minimum absolute atomic E-state index is 0.00488. The molecule has 0 bridgehead atoms. The maximum atomic E-state index is 12.3. The van der Waals surface area contributed by atoms with Crippen molar-refractivity contribution in [1.29, 1.82) is 0 Å². The van der Waals surface area contributed by atoms with Crippen LogP contribution in [0.2, 0.25) is 0 Å². The Morgan fingerprint density at radius 3 is 2.83 bits per heavy atom. The van der Waals surface area contributed by atoms with Crippen molar-refractivity contribution in [3.05, 3.63) is 0 Å². The van der Waals surface area contributed by atoms with Gasteiger partial charge in [-0.2, -0.15) is 0 Å². The van der Waals surface area contributed by atoms with Crippen LogP contribution in [0, 0.1) is 17.8 Å². The molecule has 2 aliphatic carbocycles. The lowest BCUT2D eigenvalue weighted by Gasteiger charge is -2.28.